The van der Waals surface area contributed by atoms with Crippen molar-refractivity contribution in [1.82, 2.24) is 5.32 Å². The van der Waals surface area contributed by atoms with E-state index in [1.807, 2.05) is 25.1 Å². The molecule has 2 rings (SSSR count). The zero-order chi connectivity index (χ0) is 17.7. The predicted molar refractivity (Wildman–Crippen MR) is 96.5 cm³/mol. The van der Waals surface area contributed by atoms with Crippen molar-refractivity contribution in [3.05, 3.63) is 57.6 Å². The van der Waals surface area contributed by atoms with Crippen LogP contribution in [-0.2, 0) is 0 Å². The fraction of sp³-hybridized carbons (Fsp3) is 0.278. The minimum absolute atomic E-state index is 0.177. The lowest BCUT2D eigenvalue weighted by atomic mass is 10.0. The van der Waals surface area contributed by atoms with Crippen molar-refractivity contribution in [3.8, 4) is 11.5 Å². The summed E-state index contributed by atoms with van der Waals surface area (Å²) >= 11 is 12.0. The third kappa shape index (κ3) is 4.13. The quantitative estimate of drug-likeness (QED) is 0.790. The van der Waals surface area contributed by atoms with Crippen LogP contribution in [0.3, 0.4) is 0 Å². The van der Waals surface area contributed by atoms with Crippen LogP contribution in [0.2, 0.25) is 10.0 Å². The summed E-state index contributed by atoms with van der Waals surface area (Å²) in [6, 6.07) is 10.2. The number of rotatable bonds is 6. The molecule has 0 bridgehead atoms. The standard InChI is InChI=1S/C18H19Cl2NO3/c1-4-15(11-5-8-16(23-2)17(9-11)24-3)21-18(22)13-7-6-12(19)10-14(13)20/h5-10,15H,4H2,1-3H3,(H,21,22)/t15-/m1/s1. The van der Waals surface area contributed by atoms with Gasteiger partial charge in [0.2, 0.25) is 0 Å². The lowest BCUT2D eigenvalue weighted by molar-refractivity contribution is 0.0935. The van der Waals surface area contributed by atoms with Gasteiger partial charge in [-0.3, -0.25) is 4.79 Å². The van der Waals surface area contributed by atoms with Crippen molar-refractivity contribution in [2.75, 3.05) is 14.2 Å². The Hall–Kier alpha value is -1.91. The highest BCUT2D eigenvalue weighted by Gasteiger charge is 2.18. The van der Waals surface area contributed by atoms with Gasteiger partial charge in [0.1, 0.15) is 0 Å². The van der Waals surface area contributed by atoms with Crippen LogP contribution >= 0.6 is 23.2 Å². The summed E-state index contributed by atoms with van der Waals surface area (Å²) < 4.78 is 10.6. The molecular formula is C18H19Cl2NO3. The molecule has 0 aromatic heterocycles. The van der Waals surface area contributed by atoms with Crippen molar-refractivity contribution < 1.29 is 14.3 Å². The molecule has 128 valence electrons. The molecule has 0 heterocycles. The average molecular weight is 368 g/mol. The first kappa shape index (κ1) is 18.4. The average Bonchev–Trinajstić information content (AvgIpc) is 2.58. The molecule has 24 heavy (non-hydrogen) atoms. The van der Waals surface area contributed by atoms with Gasteiger partial charge in [0, 0.05) is 5.02 Å². The molecule has 0 aliphatic rings. The number of amides is 1. The Morgan fingerprint density at radius 2 is 1.79 bits per heavy atom. The van der Waals surface area contributed by atoms with Gasteiger partial charge in [-0.15, -0.1) is 0 Å². The number of methoxy groups -OCH3 is 2. The van der Waals surface area contributed by atoms with Crippen LogP contribution in [-0.4, -0.2) is 20.1 Å². The van der Waals surface area contributed by atoms with Crippen molar-refractivity contribution in [2.45, 2.75) is 19.4 Å². The molecule has 1 amide bonds. The molecule has 2 aromatic carbocycles. The molecule has 4 nitrogen and oxygen atoms in total. The van der Waals surface area contributed by atoms with E-state index in [4.69, 9.17) is 32.7 Å². The topological polar surface area (TPSA) is 47.6 Å². The molecule has 0 saturated heterocycles. The largest absolute Gasteiger partial charge is 0.493 e. The zero-order valence-corrected chi connectivity index (χ0v) is 15.2. The molecule has 1 atom stereocenters. The summed E-state index contributed by atoms with van der Waals surface area (Å²) in [5.74, 6) is 1.01. The van der Waals surface area contributed by atoms with Crippen LogP contribution in [0.25, 0.3) is 0 Å². The van der Waals surface area contributed by atoms with Gasteiger partial charge in [-0.1, -0.05) is 36.2 Å². The summed E-state index contributed by atoms with van der Waals surface area (Å²) in [5.41, 5.74) is 1.31. The number of carbonyl (C=O) groups is 1. The molecular weight excluding hydrogens is 349 g/mol. The van der Waals surface area contributed by atoms with Crippen molar-refractivity contribution in [3.63, 3.8) is 0 Å². The van der Waals surface area contributed by atoms with E-state index < -0.39 is 0 Å². The molecule has 0 saturated carbocycles. The number of ether oxygens (including phenoxy) is 2. The maximum absolute atomic E-state index is 12.5. The molecule has 0 unspecified atom stereocenters. The molecule has 0 fully saturated rings. The highest BCUT2D eigenvalue weighted by Crippen LogP contribution is 2.31. The molecule has 0 spiro atoms. The highest BCUT2D eigenvalue weighted by molar-refractivity contribution is 6.36. The minimum Gasteiger partial charge on any atom is -0.493 e. The van der Waals surface area contributed by atoms with Crippen LogP contribution in [0.4, 0.5) is 0 Å². The first-order valence-electron chi connectivity index (χ1n) is 7.48. The van der Waals surface area contributed by atoms with Crippen LogP contribution in [0.5, 0.6) is 11.5 Å². The Labute approximate surface area is 151 Å². The van der Waals surface area contributed by atoms with E-state index in [9.17, 15) is 4.79 Å². The van der Waals surface area contributed by atoms with Gasteiger partial charge < -0.3 is 14.8 Å². The van der Waals surface area contributed by atoms with Crippen LogP contribution in [0.1, 0.15) is 35.3 Å². The first-order chi connectivity index (χ1) is 11.5. The second-order valence-electron chi connectivity index (χ2n) is 5.17. The van der Waals surface area contributed by atoms with Gasteiger partial charge in [-0.05, 0) is 42.3 Å². The van der Waals surface area contributed by atoms with E-state index in [1.165, 1.54) is 0 Å². The smallest absolute Gasteiger partial charge is 0.253 e. The number of hydrogen-bond donors (Lipinski definition) is 1. The summed E-state index contributed by atoms with van der Waals surface area (Å²) in [6.45, 7) is 1.99. The molecule has 6 heteroatoms. The van der Waals surface area contributed by atoms with Gasteiger partial charge in [0.25, 0.3) is 5.91 Å². The molecule has 0 radical (unpaired) electrons. The second kappa shape index (κ2) is 8.27. The fourth-order valence-electron chi connectivity index (χ4n) is 2.40. The van der Waals surface area contributed by atoms with Crippen molar-refractivity contribution in [2.24, 2.45) is 0 Å². The molecule has 1 N–H and O–H groups in total. The van der Waals surface area contributed by atoms with Gasteiger partial charge in [-0.2, -0.15) is 0 Å². The summed E-state index contributed by atoms with van der Waals surface area (Å²) in [5, 5.41) is 3.80. The Balaban J connectivity index is 2.24. The van der Waals surface area contributed by atoms with Crippen LogP contribution in [0, 0.1) is 0 Å². The van der Waals surface area contributed by atoms with Gasteiger partial charge in [0.05, 0.1) is 30.8 Å². The number of nitrogens with one attached hydrogen (secondary N) is 1. The zero-order valence-electron chi connectivity index (χ0n) is 13.7. The van der Waals surface area contributed by atoms with Gasteiger partial charge in [0.15, 0.2) is 11.5 Å². The van der Waals surface area contributed by atoms with E-state index in [-0.39, 0.29) is 11.9 Å². The summed E-state index contributed by atoms with van der Waals surface area (Å²) in [7, 11) is 3.16. The third-order valence-corrected chi connectivity index (χ3v) is 4.25. The van der Waals surface area contributed by atoms with E-state index in [0.717, 1.165) is 5.56 Å². The van der Waals surface area contributed by atoms with E-state index in [1.54, 1.807) is 32.4 Å². The fourth-order valence-corrected chi connectivity index (χ4v) is 2.89. The Morgan fingerprint density at radius 3 is 2.38 bits per heavy atom. The lowest BCUT2D eigenvalue weighted by Gasteiger charge is -2.19. The van der Waals surface area contributed by atoms with E-state index in [0.29, 0.717) is 33.5 Å². The SMILES string of the molecule is CC[C@@H](NC(=O)c1ccc(Cl)cc1Cl)c1ccc(OC)c(OC)c1. The third-order valence-electron chi connectivity index (χ3n) is 3.70. The van der Waals surface area contributed by atoms with Crippen molar-refractivity contribution >= 4 is 29.1 Å². The number of halogens is 2. The monoisotopic (exact) mass is 367 g/mol. The maximum Gasteiger partial charge on any atom is 0.253 e. The summed E-state index contributed by atoms with van der Waals surface area (Å²) in [4.78, 5) is 12.5. The summed E-state index contributed by atoms with van der Waals surface area (Å²) in [6.07, 6.45) is 0.715. The van der Waals surface area contributed by atoms with Crippen molar-refractivity contribution in [1.29, 1.82) is 0 Å². The van der Waals surface area contributed by atoms with Crippen LogP contribution < -0.4 is 14.8 Å². The number of benzene rings is 2. The number of hydrogen-bond acceptors (Lipinski definition) is 3. The predicted octanol–water partition coefficient (Wildman–Crippen LogP) is 4.89. The van der Waals surface area contributed by atoms with E-state index in [2.05, 4.69) is 5.32 Å². The molecule has 0 aliphatic heterocycles. The Kier molecular flexibility index (Phi) is 6.35. The maximum atomic E-state index is 12.5. The first-order valence-corrected chi connectivity index (χ1v) is 8.23. The van der Waals surface area contributed by atoms with Gasteiger partial charge >= 0.3 is 0 Å². The van der Waals surface area contributed by atoms with Crippen LogP contribution in [0.15, 0.2) is 36.4 Å². The minimum atomic E-state index is -0.252. The van der Waals surface area contributed by atoms with E-state index >= 15 is 0 Å². The molecule has 0 aliphatic carbocycles. The Morgan fingerprint density at radius 1 is 1.08 bits per heavy atom. The highest BCUT2D eigenvalue weighted by atomic mass is 35.5. The second-order valence-corrected chi connectivity index (χ2v) is 6.02. The molecule has 2 aromatic rings. The lowest BCUT2D eigenvalue weighted by Crippen LogP contribution is -2.28. The normalized spacial score (nSPS) is 11.7. The Bertz CT molecular complexity index is 734. The number of carbonyl (C=O) groups excluding carboxylic acids is 1. The van der Waals surface area contributed by atoms with Gasteiger partial charge in [-0.25, -0.2) is 0 Å².